The Kier molecular flexibility index (Phi) is 7.09. The van der Waals surface area contributed by atoms with Crippen molar-refractivity contribution in [3.05, 3.63) is 0 Å². The van der Waals surface area contributed by atoms with E-state index in [1.165, 1.54) is 11.8 Å². The van der Waals surface area contributed by atoms with E-state index in [1.807, 2.05) is 6.92 Å². The van der Waals surface area contributed by atoms with Crippen LogP contribution in [0, 0.1) is 0 Å². The molecule has 0 rings (SSSR count). The van der Waals surface area contributed by atoms with Crippen LogP contribution in [0.4, 0.5) is 0 Å². The van der Waals surface area contributed by atoms with E-state index in [1.54, 1.807) is 6.92 Å². The third-order valence-electron chi connectivity index (χ3n) is 1.44. The lowest BCUT2D eigenvalue weighted by atomic mass is 10.3. The fourth-order valence-electron chi connectivity index (χ4n) is 0.649. The zero-order chi connectivity index (χ0) is 10.3. The highest BCUT2D eigenvalue weighted by Gasteiger charge is 2.21. The van der Waals surface area contributed by atoms with Crippen LogP contribution in [0.15, 0.2) is 0 Å². The average Bonchev–Trinajstić information content (AvgIpc) is 2.03. The molecule has 4 nitrogen and oxygen atoms in total. The van der Waals surface area contributed by atoms with Crippen LogP contribution in [0.2, 0.25) is 0 Å². The zero-order valence-electron chi connectivity index (χ0n) is 8.10. The molecule has 0 saturated carbocycles. The second-order valence-corrected chi connectivity index (χ2v) is 6.12. The molecule has 0 saturated heterocycles. The SMILES string of the molecule is CCC(C)OP(=O)(O)CSCCN. The Hall–Kier alpha value is 0.460. The first-order valence-electron chi connectivity index (χ1n) is 4.30. The first-order valence-corrected chi connectivity index (χ1v) is 7.21. The molecule has 0 aliphatic rings. The maximum absolute atomic E-state index is 11.3. The molecule has 0 aliphatic heterocycles. The molecule has 0 aromatic carbocycles. The minimum Gasteiger partial charge on any atom is -0.330 e. The Morgan fingerprint density at radius 2 is 2.31 bits per heavy atom. The lowest BCUT2D eigenvalue weighted by Crippen LogP contribution is -2.07. The topological polar surface area (TPSA) is 72.5 Å². The number of hydrogen-bond acceptors (Lipinski definition) is 4. The fraction of sp³-hybridized carbons (Fsp3) is 1.00. The number of hydrogen-bond donors (Lipinski definition) is 2. The van der Waals surface area contributed by atoms with Crippen LogP contribution in [0.25, 0.3) is 0 Å². The van der Waals surface area contributed by atoms with E-state index >= 15 is 0 Å². The van der Waals surface area contributed by atoms with Gasteiger partial charge in [0.2, 0.25) is 0 Å². The van der Waals surface area contributed by atoms with Crippen molar-refractivity contribution in [2.24, 2.45) is 5.73 Å². The van der Waals surface area contributed by atoms with Gasteiger partial charge in [-0.05, 0) is 13.3 Å². The van der Waals surface area contributed by atoms with Crippen molar-refractivity contribution < 1.29 is 14.0 Å². The highest BCUT2D eigenvalue weighted by Crippen LogP contribution is 2.46. The summed E-state index contributed by atoms with van der Waals surface area (Å²) in [6, 6.07) is 0. The highest BCUT2D eigenvalue weighted by molar-refractivity contribution is 8.04. The molecule has 0 heterocycles. The molecule has 0 amide bonds. The van der Waals surface area contributed by atoms with Gasteiger partial charge in [-0.1, -0.05) is 6.92 Å². The van der Waals surface area contributed by atoms with Gasteiger partial charge in [0.1, 0.15) is 0 Å². The Morgan fingerprint density at radius 3 is 2.77 bits per heavy atom. The molecule has 0 fully saturated rings. The van der Waals surface area contributed by atoms with Crippen LogP contribution in [-0.2, 0) is 9.09 Å². The van der Waals surface area contributed by atoms with E-state index in [9.17, 15) is 9.46 Å². The maximum atomic E-state index is 11.3. The summed E-state index contributed by atoms with van der Waals surface area (Å²) < 4.78 is 16.3. The summed E-state index contributed by atoms with van der Waals surface area (Å²) in [6.07, 6.45) is 0.584. The van der Waals surface area contributed by atoms with E-state index in [0.29, 0.717) is 12.3 Å². The number of rotatable bonds is 7. The van der Waals surface area contributed by atoms with Gasteiger partial charge >= 0.3 is 7.60 Å². The quantitative estimate of drug-likeness (QED) is 0.511. The molecular weight excluding hydrogens is 209 g/mol. The predicted molar refractivity (Wildman–Crippen MR) is 57.0 cm³/mol. The fourth-order valence-corrected chi connectivity index (χ4v) is 3.21. The van der Waals surface area contributed by atoms with Gasteiger partial charge in [-0.2, -0.15) is 0 Å². The van der Waals surface area contributed by atoms with Gasteiger partial charge in [-0.15, -0.1) is 11.8 Å². The van der Waals surface area contributed by atoms with Gasteiger partial charge in [0.25, 0.3) is 0 Å². The van der Waals surface area contributed by atoms with Gasteiger partial charge in [-0.3, -0.25) is 4.57 Å². The van der Waals surface area contributed by atoms with Crippen LogP contribution in [0.3, 0.4) is 0 Å². The first-order chi connectivity index (χ1) is 6.02. The molecule has 0 aromatic heterocycles. The average molecular weight is 227 g/mol. The highest BCUT2D eigenvalue weighted by atomic mass is 32.2. The predicted octanol–water partition coefficient (Wildman–Crippen LogP) is 1.64. The van der Waals surface area contributed by atoms with Crippen molar-refractivity contribution in [1.29, 1.82) is 0 Å². The summed E-state index contributed by atoms with van der Waals surface area (Å²) in [4.78, 5) is 9.31. The number of thioether (sulfide) groups is 1. The lowest BCUT2D eigenvalue weighted by molar-refractivity contribution is 0.188. The second kappa shape index (κ2) is 6.85. The van der Waals surface area contributed by atoms with Gasteiger partial charge in [-0.25, -0.2) is 0 Å². The molecule has 80 valence electrons. The molecule has 0 bridgehead atoms. The second-order valence-electron chi connectivity index (χ2n) is 2.79. The van der Waals surface area contributed by atoms with Crippen molar-refractivity contribution in [1.82, 2.24) is 0 Å². The molecule has 0 aliphatic carbocycles. The van der Waals surface area contributed by atoms with Crippen LogP contribution in [0.1, 0.15) is 20.3 Å². The van der Waals surface area contributed by atoms with Gasteiger partial charge in [0.05, 0.1) is 11.6 Å². The van der Waals surface area contributed by atoms with Crippen molar-refractivity contribution in [3.8, 4) is 0 Å². The minimum absolute atomic E-state index is 0.133. The van der Waals surface area contributed by atoms with Crippen molar-refractivity contribution in [2.45, 2.75) is 26.4 Å². The van der Waals surface area contributed by atoms with Gasteiger partial charge in [0.15, 0.2) is 0 Å². The maximum Gasteiger partial charge on any atom is 0.338 e. The number of nitrogens with two attached hydrogens (primary N) is 1. The Labute approximate surface area is 83.8 Å². The molecule has 2 atom stereocenters. The van der Waals surface area contributed by atoms with Crippen LogP contribution < -0.4 is 5.73 Å². The van der Waals surface area contributed by atoms with Gasteiger partial charge in [0, 0.05) is 12.3 Å². The molecule has 0 aromatic rings. The summed E-state index contributed by atoms with van der Waals surface area (Å²) >= 11 is 1.35. The van der Waals surface area contributed by atoms with E-state index in [0.717, 1.165) is 6.42 Å². The van der Waals surface area contributed by atoms with Crippen molar-refractivity contribution in [2.75, 3.05) is 17.8 Å². The molecule has 13 heavy (non-hydrogen) atoms. The molecule has 3 N–H and O–H groups in total. The van der Waals surface area contributed by atoms with E-state index in [-0.39, 0.29) is 11.6 Å². The lowest BCUT2D eigenvalue weighted by Gasteiger charge is -2.15. The smallest absolute Gasteiger partial charge is 0.330 e. The summed E-state index contributed by atoms with van der Waals surface area (Å²) in [7, 11) is -3.39. The normalized spacial score (nSPS) is 18.2. The largest absolute Gasteiger partial charge is 0.338 e. The first kappa shape index (κ1) is 13.5. The van der Waals surface area contributed by atoms with Crippen LogP contribution in [0.5, 0.6) is 0 Å². The van der Waals surface area contributed by atoms with E-state index in [4.69, 9.17) is 10.3 Å². The molecule has 0 spiro atoms. The Morgan fingerprint density at radius 1 is 1.69 bits per heavy atom. The minimum atomic E-state index is -3.39. The molecular formula is C7H18NO3PS. The standard InChI is InChI=1S/C7H18NO3PS/c1-3-7(2)11-12(9,10)6-13-5-4-8/h7H,3-6,8H2,1-2H3,(H,9,10). The Bertz CT molecular complexity index is 179. The summed E-state index contributed by atoms with van der Waals surface area (Å²) in [6.45, 7) is 4.22. The van der Waals surface area contributed by atoms with Crippen LogP contribution in [-0.4, -0.2) is 28.8 Å². The Balaban J connectivity index is 3.73. The third kappa shape index (κ3) is 7.52. The summed E-state index contributed by atoms with van der Waals surface area (Å²) in [5.41, 5.74) is 5.39. The molecule has 6 heteroatoms. The van der Waals surface area contributed by atoms with Crippen molar-refractivity contribution in [3.63, 3.8) is 0 Å². The summed E-state index contributed by atoms with van der Waals surface area (Å²) in [5.74, 6) is 0.689. The molecule has 0 radical (unpaired) electrons. The van der Waals surface area contributed by atoms with Gasteiger partial charge < -0.3 is 15.2 Å². The van der Waals surface area contributed by atoms with Crippen molar-refractivity contribution >= 4 is 19.4 Å². The monoisotopic (exact) mass is 227 g/mol. The zero-order valence-corrected chi connectivity index (χ0v) is 9.81. The van der Waals surface area contributed by atoms with E-state index in [2.05, 4.69) is 0 Å². The van der Waals surface area contributed by atoms with Crippen LogP contribution >= 0.6 is 19.4 Å². The third-order valence-corrected chi connectivity index (χ3v) is 4.69. The van der Waals surface area contributed by atoms with E-state index < -0.39 is 7.60 Å². The molecule has 2 unspecified atom stereocenters. The summed E-state index contributed by atoms with van der Waals surface area (Å²) in [5, 5.41) is 0.